The van der Waals surface area contributed by atoms with Crippen molar-refractivity contribution in [1.82, 2.24) is 0 Å². The number of ether oxygens (including phenoxy) is 1. The number of carbonyl (C=O) groups excluding carboxylic acids is 1. The van der Waals surface area contributed by atoms with E-state index >= 15 is 0 Å². The highest BCUT2D eigenvalue weighted by Crippen LogP contribution is 2.67. The van der Waals surface area contributed by atoms with Gasteiger partial charge in [0.2, 0.25) is 0 Å². The van der Waals surface area contributed by atoms with Gasteiger partial charge in [0.1, 0.15) is 11.7 Å². The number of allylic oxidation sites excluding steroid dienone is 1. The molecule has 0 aromatic carbocycles. The quantitative estimate of drug-likeness (QED) is 0.434. The fourth-order valence-electron chi connectivity index (χ4n) is 7.22. The number of esters is 1. The third-order valence-electron chi connectivity index (χ3n) is 8.78. The molecule has 3 saturated carbocycles. The van der Waals surface area contributed by atoms with Gasteiger partial charge in [0.15, 0.2) is 0 Å². The smallest absolute Gasteiger partial charge is 0.302 e. The Hall–Kier alpha value is -1.27. The Kier molecular flexibility index (Phi) is 4.08. The Bertz CT molecular complexity index is 688. The number of carbonyl (C=O) groups is 1. The summed E-state index contributed by atoms with van der Waals surface area (Å²) in [6.45, 7) is 6.18. The van der Waals surface area contributed by atoms with E-state index in [1.807, 2.05) is 0 Å². The maximum Gasteiger partial charge on any atom is 0.302 e. The summed E-state index contributed by atoms with van der Waals surface area (Å²) < 4.78 is 5.51. The Morgan fingerprint density at radius 1 is 1.23 bits per heavy atom. The molecular weight excluding hydrogens is 324 g/mol. The second kappa shape index (κ2) is 5.86. The molecule has 0 saturated heterocycles. The number of aliphatic hydroxyl groups is 1. The fourth-order valence-corrected chi connectivity index (χ4v) is 7.22. The van der Waals surface area contributed by atoms with Crippen molar-refractivity contribution in [2.45, 2.75) is 83.8 Å². The lowest BCUT2D eigenvalue weighted by Crippen LogP contribution is -2.54. The molecule has 4 aliphatic carbocycles. The fraction of sp³-hybridized carbons (Fsp3) is 0.783. The summed E-state index contributed by atoms with van der Waals surface area (Å²) in [7, 11) is 0. The first kappa shape index (κ1) is 18.1. The van der Waals surface area contributed by atoms with E-state index in [-0.39, 0.29) is 22.9 Å². The summed E-state index contributed by atoms with van der Waals surface area (Å²) in [4.78, 5) is 11.3. The monoisotopic (exact) mass is 356 g/mol. The summed E-state index contributed by atoms with van der Waals surface area (Å²) in [6, 6.07) is 0. The third-order valence-corrected chi connectivity index (χ3v) is 8.78. The van der Waals surface area contributed by atoms with Gasteiger partial charge >= 0.3 is 5.97 Å². The lowest BCUT2D eigenvalue weighted by atomic mass is 9.47. The molecule has 3 fully saturated rings. The van der Waals surface area contributed by atoms with Crippen molar-refractivity contribution < 1.29 is 14.6 Å². The second-order valence-electron chi connectivity index (χ2n) is 9.73. The topological polar surface area (TPSA) is 46.5 Å². The van der Waals surface area contributed by atoms with Crippen LogP contribution in [-0.4, -0.2) is 22.8 Å². The van der Waals surface area contributed by atoms with Gasteiger partial charge in [-0.1, -0.05) is 31.4 Å². The lowest BCUT2D eigenvalue weighted by molar-refractivity contribution is -0.149. The van der Waals surface area contributed by atoms with Gasteiger partial charge in [-0.15, -0.1) is 6.42 Å². The summed E-state index contributed by atoms with van der Waals surface area (Å²) in [5.74, 6) is 4.39. The van der Waals surface area contributed by atoms with Gasteiger partial charge in [-0.25, -0.2) is 0 Å². The predicted molar refractivity (Wildman–Crippen MR) is 101 cm³/mol. The Morgan fingerprint density at radius 3 is 2.65 bits per heavy atom. The van der Waals surface area contributed by atoms with E-state index < -0.39 is 5.60 Å². The molecule has 7 atom stereocenters. The molecule has 0 amide bonds. The van der Waals surface area contributed by atoms with Gasteiger partial charge in [-0.3, -0.25) is 4.79 Å². The molecule has 3 nitrogen and oxygen atoms in total. The van der Waals surface area contributed by atoms with Crippen LogP contribution in [0.3, 0.4) is 0 Å². The average molecular weight is 357 g/mol. The zero-order valence-corrected chi connectivity index (χ0v) is 16.4. The van der Waals surface area contributed by atoms with Crippen molar-refractivity contribution in [3.05, 3.63) is 11.6 Å². The van der Waals surface area contributed by atoms with Crippen molar-refractivity contribution in [2.24, 2.45) is 28.6 Å². The predicted octanol–water partition coefficient (Wildman–Crippen LogP) is 4.25. The largest absolute Gasteiger partial charge is 0.462 e. The molecule has 0 bridgehead atoms. The molecule has 0 aromatic heterocycles. The van der Waals surface area contributed by atoms with Crippen molar-refractivity contribution in [1.29, 1.82) is 0 Å². The van der Waals surface area contributed by atoms with Crippen LogP contribution in [0.15, 0.2) is 11.6 Å². The Labute approximate surface area is 157 Å². The zero-order chi connectivity index (χ0) is 18.7. The molecule has 0 aliphatic heterocycles. The molecule has 0 radical (unpaired) electrons. The van der Waals surface area contributed by atoms with E-state index in [1.165, 1.54) is 12.5 Å². The van der Waals surface area contributed by atoms with Crippen LogP contribution in [0.1, 0.15) is 72.1 Å². The maximum atomic E-state index is 11.3. The molecule has 1 N–H and O–H groups in total. The molecule has 6 unspecified atom stereocenters. The first-order valence-corrected chi connectivity index (χ1v) is 10.3. The molecule has 0 aromatic rings. The molecule has 4 rings (SSSR count). The van der Waals surface area contributed by atoms with Crippen LogP contribution in [0.2, 0.25) is 0 Å². The van der Waals surface area contributed by atoms with E-state index in [2.05, 4.69) is 25.8 Å². The summed E-state index contributed by atoms with van der Waals surface area (Å²) in [6.07, 6.45) is 16.3. The minimum Gasteiger partial charge on any atom is -0.462 e. The molecule has 0 spiro atoms. The number of hydrogen-bond donors (Lipinski definition) is 1. The minimum atomic E-state index is -0.930. The highest BCUT2D eigenvalue weighted by Gasteiger charge is 2.63. The van der Waals surface area contributed by atoms with Crippen LogP contribution in [0.4, 0.5) is 0 Å². The highest BCUT2D eigenvalue weighted by atomic mass is 16.5. The number of fused-ring (bicyclic) bond motifs is 5. The van der Waals surface area contributed by atoms with Crippen molar-refractivity contribution in [3.8, 4) is 12.3 Å². The second-order valence-corrected chi connectivity index (χ2v) is 9.73. The minimum absolute atomic E-state index is 0.0512. The average Bonchev–Trinajstić information content (AvgIpc) is 2.87. The van der Waals surface area contributed by atoms with E-state index in [0.717, 1.165) is 51.4 Å². The van der Waals surface area contributed by atoms with Crippen LogP contribution in [0.25, 0.3) is 0 Å². The van der Waals surface area contributed by atoms with Gasteiger partial charge in [0.05, 0.1) is 0 Å². The van der Waals surface area contributed by atoms with Crippen LogP contribution >= 0.6 is 0 Å². The first-order chi connectivity index (χ1) is 12.2. The SMILES string of the molecule is C#C[C@]1(O)CCC2C3CC=C4CC(OC(C)=O)CCC4(C)C3CCC21C. The van der Waals surface area contributed by atoms with Crippen LogP contribution in [-0.2, 0) is 9.53 Å². The van der Waals surface area contributed by atoms with E-state index in [4.69, 9.17) is 11.2 Å². The standard InChI is InChI=1S/C23H32O3/c1-5-23(25)13-10-20-18-7-6-16-14-17(26-15(2)24)8-11-21(16,3)19(18)9-12-22(20,23)4/h1,6,17-20,25H,7-14H2,2-4H3/t17?,18?,19?,20?,21?,22?,23-/m0/s1. The normalized spacial score (nSPS) is 49.9. The molecule has 26 heavy (non-hydrogen) atoms. The highest BCUT2D eigenvalue weighted by molar-refractivity contribution is 5.66. The molecule has 4 aliphatic rings. The van der Waals surface area contributed by atoms with Crippen LogP contribution < -0.4 is 0 Å². The van der Waals surface area contributed by atoms with Gasteiger partial charge < -0.3 is 9.84 Å². The molecule has 0 heterocycles. The van der Waals surface area contributed by atoms with Crippen LogP contribution in [0.5, 0.6) is 0 Å². The Morgan fingerprint density at radius 2 is 1.96 bits per heavy atom. The van der Waals surface area contributed by atoms with Crippen molar-refractivity contribution in [3.63, 3.8) is 0 Å². The summed E-state index contributed by atoms with van der Waals surface area (Å²) >= 11 is 0. The molecular formula is C23H32O3. The van der Waals surface area contributed by atoms with E-state index in [0.29, 0.717) is 17.8 Å². The van der Waals surface area contributed by atoms with Gasteiger partial charge in [0.25, 0.3) is 0 Å². The number of rotatable bonds is 1. The van der Waals surface area contributed by atoms with Gasteiger partial charge in [0, 0.05) is 18.8 Å². The number of terminal acetylenes is 1. The summed E-state index contributed by atoms with van der Waals surface area (Å²) in [5.41, 5.74) is 0.655. The zero-order valence-electron chi connectivity index (χ0n) is 16.4. The van der Waals surface area contributed by atoms with Gasteiger partial charge in [-0.2, -0.15) is 0 Å². The van der Waals surface area contributed by atoms with Crippen LogP contribution in [0, 0.1) is 40.9 Å². The molecule has 142 valence electrons. The third kappa shape index (κ3) is 2.34. The lowest BCUT2D eigenvalue weighted by Gasteiger charge is -2.58. The maximum absolute atomic E-state index is 11.3. The molecule has 3 heteroatoms. The van der Waals surface area contributed by atoms with E-state index in [1.54, 1.807) is 0 Å². The van der Waals surface area contributed by atoms with Crippen molar-refractivity contribution in [2.75, 3.05) is 0 Å². The Balaban J connectivity index is 1.61. The first-order valence-electron chi connectivity index (χ1n) is 10.3. The van der Waals surface area contributed by atoms with Gasteiger partial charge in [-0.05, 0) is 68.1 Å². The van der Waals surface area contributed by atoms with Crippen molar-refractivity contribution >= 4 is 5.97 Å². The number of hydrogen-bond acceptors (Lipinski definition) is 3. The van der Waals surface area contributed by atoms with E-state index in [9.17, 15) is 9.90 Å². The summed E-state index contributed by atoms with van der Waals surface area (Å²) in [5, 5.41) is 11.1.